The molecule has 0 heterocycles. The minimum absolute atomic E-state index is 0.00437. The molecule has 0 saturated heterocycles. The minimum Gasteiger partial charge on any atom is -0.481 e. The Balaban J connectivity index is 2.49. The molecule has 0 radical (unpaired) electrons. The van der Waals surface area contributed by atoms with Gasteiger partial charge in [-0.3, -0.25) is 14.9 Å². The fourth-order valence-electron chi connectivity index (χ4n) is 2.37. The first-order valence-corrected chi connectivity index (χ1v) is 6.66. The van der Waals surface area contributed by atoms with E-state index in [1.807, 2.05) is 27.7 Å². The standard InChI is InChI=1S/C14H24N2O4/c1-12(2,10(18)19)7-8(17)15-11(20)16-9-13(3,4)14(9,5)6/h9H,7H2,1-6H3,(H,18,19)(H2,15,16,17,20). The molecule has 0 aromatic carbocycles. The van der Waals surface area contributed by atoms with Crippen molar-refractivity contribution in [3.63, 3.8) is 0 Å². The van der Waals surface area contributed by atoms with Gasteiger partial charge in [0.25, 0.3) is 0 Å². The Hall–Kier alpha value is -1.59. The molecule has 1 rings (SSSR count). The zero-order valence-corrected chi connectivity index (χ0v) is 13.0. The number of hydrogen-bond acceptors (Lipinski definition) is 3. The van der Waals surface area contributed by atoms with Crippen molar-refractivity contribution < 1.29 is 19.5 Å². The lowest BCUT2D eigenvalue weighted by Crippen LogP contribution is -2.44. The Morgan fingerprint density at radius 2 is 1.55 bits per heavy atom. The number of hydrogen-bond donors (Lipinski definition) is 3. The van der Waals surface area contributed by atoms with E-state index in [-0.39, 0.29) is 23.3 Å². The van der Waals surface area contributed by atoms with Crippen LogP contribution in [0.5, 0.6) is 0 Å². The summed E-state index contributed by atoms with van der Waals surface area (Å²) in [5.74, 6) is -1.66. The molecule has 3 N–H and O–H groups in total. The highest BCUT2D eigenvalue weighted by molar-refractivity contribution is 5.96. The Labute approximate surface area is 119 Å². The molecule has 0 atom stereocenters. The third-order valence-electron chi connectivity index (χ3n) is 4.73. The van der Waals surface area contributed by atoms with Crippen LogP contribution in [0.2, 0.25) is 0 Å². The SMILES string of the molecule is CC(C)(CC(=O)NC(=O)NC1C(C)(C)C1(C)C)C(=O)O. The van der Waals surface area contributed by atoms with E-state index in [0.717, 1.165) is 0 Å². The highest BCUT2D eigenvalue weighted by atomic mass is 16.4. The number of carbonyl (C=O) groups is 3. The molecule has 1 aliphatic rings. The number of amides is 3. The number of urea groups is 1. The Kier molecular flexibility index (Phi) is 3.91. The summed E-state index contributed by atoms with van der Waals surface area (Å²) in [5, 5.41) is 13.9. The molecule has 1 aliphatic carbocycles. The van der Waals surface area contributed by atoms with Gasteiger partial charge >= 0.3 is 12.0 Å². The van der Waals surface area contributed by atoms with Crippen molar-refractivity contribution in [3.8, 4) is 0 Å². The van der Waals surface area contributed by atoms with Crippen LogP contribution in [0.25, 0.3) is 0 Å². The van der Waals surface area contributed by atoms with Crippen LogP contribution in [0.1, 0.15) is 48.0 Å². The summed E-state index contributed by atoms with van der Waals surface area (Å²) in [6, 6.07) is -0.574. The highest BCUT2D eigenvalue weighted by Gasteiger charge is 2.65. The number of carboxylic acids is 1. The van der Waals surface area contributed by atoms with E-state index in [1.54, 1.807) is 0 Å². The second kappa shape index (κ2) is 4.75. The lowest BCUT2D eigenvalue weighted by atomic mass is 9.89. The van der Waals surface area contributed by atoms with Crippen molar-refractivity contribution in [1.29, 1.82) is 0 Å². The quantitative estimate of drug-likeness (QED) is 0.733. The van der Waals surface area contributed by atoms with E-state index < -0.39 is 23.3 Å². The van der Waals surface area contributed by atoms with Gasteiger partial charge in [-0.2, -0.15) is 0 Å². The first-order chi connectivity index (χ1) is 8.82. The van der Waals surface area contributed by atoms with Crippen LogP contribution in [-0.2, 0) is 9.59 Å². The van der Waals surface area contributed by atoms with Crippen LogP contribution in [0.3, 0.4) is 0 Å². The second-order valence-corrected chi connectivity index (χ2v) is 7.26. The molecule has 6 nitrogen and oxygen atoms in total. The average molecular weight is 284 g/mol. The fraction of sp³-hybridized carbons (Fsp3) is 0.786. The molecule has 0 aromatic rings. The summed E-state index contributed by atoms with van der Waals surface area (Å²) in [4.78, 5) is 34.3. The van der Waals surface area contributed by atoms with Gasteiger partial charge in [0.2, 0.25) is 5.91 Å². The number of nitrogens with one attached hydrogen (secondary N) is 2. The van der Waals surface area contributed by atoms with Crippen molar-refractivity contribution in [2.45, 2.75) is 54.0 Å². The predicted molar refractivity (Wildman–Crippen MR) is 74.1 cm³/mol. The lowest BCUT2D eigenvalue weighted by Gasteiger charge is -2.18. The zero-order valence-electron chi connectivity index (χ0n) is 13.0. The summed E-state index contributed by atoms with van der Waals surface area (Å²) >= 11 is 0. The van der Waals surface area contributed by atoms with Crippen LogP contribution in [-0.4, -0.2) is 29.1 Å². The normalized spacial score (nSPS) is 20.1. The molecular formula is C14H24N2O4. The molecule has 3 amide bonds. The van der Waals surface area contributed by atoms with Gasteiger partial charge in [-0.05, 0) is 24.7 Å². The molecular weight excluding hydrogens is 260 g/mol. The first kappa shape index (κ1) is 16.5. The van der Waals surface area contributed by atoms with Gasteiger partial charge in [0, 0.05) is 12.5 Å². The maximum Gasteiger partial charge on any atom is 0.321 e. The topological polar surface area (TPSA) is 95.5 Å². The number of imide groups is 1. The summed E-state index contributed by atoms with van der Waals surface area (Å²) in [7, 11) is 0. The Morgan fingerprint density at radius 3 is 1.90 bits per heavy atom. The van der Waals surface area contributed by atoms with Crippen molar-refractivity contribution in [3.05, 3.63) is 0 Å². The average Bonchev–Trinajstić information content (AvgIpc) is 2.59. The summed E-state index contributed by atoms with van der Waals surface area (Å²) in [6.45, 7) is 11.1. The van der Waals surface area contributed by atoms with Crippen molar-refractivity contribution >= 4 is 17.9 Å². The number of carbonyl (C=O) groups excluding carboxylic acids is 2. The van der Waals surface area contributed by atoms with Crippen molar-refractivity contribution in [1.82, 2.24) is 10.6 Å². The zero-order chi connectivity index (χ0) is 15.9. The van der Waals surface area contributed by atoms with E-state index >= 15 is 0 Å². The predicted octanol–water partition coefficient (Wildman–Crippen LogP) is 1.75. The van der Waals surface area contributed by atoms with Gasteiger partial charge in [0.1, 0.15) is 0 Å². The molecule has 0 aromatic heterocycles. The fourth-order valence-corrected chi connectivity index (χ4v) is 2.37. The number of aliphatic carboxylic acids is 1. The summed E-state index contributed by atoms with van der Waals surface area (Å²) < 4.78 is 0. The van der Waals surface area contributed by atoms with Gasteiger partial charge in [0.05, 0.1) is 5.41 Å². The number of carboxylic acid groups (broad SMARTS) is 1. The van der Waals surface area contributed by atoms with Gasteiger partial charge in [-0.1, -0.05) is 27.7 Å². The third-order valence-corrected chi connectivity index (χ3v) is 4.73. The van der Waals surface area contributed by atoms with Crippen LogP contribution < -0.4 is 10.6 Å². The molecule has 0 aliphatic heterocycles. The van der Waals surface area contributed by atoms with Crippen LogP contribution in [0.15, 0.2) is 0 Å². The lowest BCUT2D eigenvalue weighted by molar-refractivity contribution is -0.149. The molecule has 1 saturated carbocycles. The molecule has 114 valence electrons. The third kappa shape index (κ3) is 2.94. The maximum atomic E-state index is 11.7. The van der Waals surface area contributed by atoms with Gasteiger partial charge in [0.15, 0.2) is 0 Å². The van der Waals surface area contributed by atoms with E-state index in [2.05, 4.69) is 10.6 Å². The molecule has 0 bridgehead atoms. The van der Waals surface area contributed by atoms with Crippen molar-refractivity contribution in [2.24, 2.45) is 16.2 Å². The summed E-state index contributed by atoms with van der Waals surface area (Å²) in [6.07, 6.45) is -0.243. The van der Waals surface area contributed by atoms with Crippen LogP contribution >= 0.6 is 0 Å². The first-order valence-electron chi connectivity index (χ1n) is 6.66. The van der Waals surface area contributed by atoms with E-state index in [4.69, 9.17) is 5.11 Å². The molecule has 6 heteroatoms. The van der Waals surface area contributed by atoms with Gasteiger partial charge in [-0.15, -0.1) is 0 Å². The Bertz CT molecular complexity index is 438. The van der Waals surface area contributed by atoms with Crippen molar-refractivity contribution in [2.75, 3.05) is 0 Å². The smallest absolute Gasteiger partial charge is 0.321 e. The largest absolute Gasteiger partial charge is 0.481 e. The van der Waals surface area contributed by atoms with E-state index in [1.165, 1.54) is 13.8 Å². The van der Waals surface area contributed by atoms with E-state index in [9.17, 15) is 14.4 Å². The molecule has 0 spiro atoms. The Morgan fingerprint density at radius 1 is 1.10 bits per heavy atom. The second-order valence-electron chi connectivity index (χ2n) is 7.26. The molecule has 0 unspecified atom stereocenters. The van der Waals surface area contributed by atoms with Crippen LogP contribution in [0.4, 0.5) is 4.79 Å². The van der Waals surface area contributed by atoms with Crippen LogP contribution in [0, 0.1) is 16.2 Å². The maximum absolute atomic E-state index is 11.7. The van der Waals surface area contributed by atoms with Gasteiger partial charge in [-0.25, -0.2) is 4.79 Å². The summed E-state index contributed by atoms with van der Waals surface area (Å²) in [5.41, 5.74) is -1.23. The monoisotopic (exact) mass is 284 g/mol. The molecule has 20 heavy (non-hydrogen) atoms. The highest BCUT2D eigenvalue weighted by Crippen LogP contribution is 2.62. The molecule has 1 fully saturated rings. The number of rotatable bonds is 4. The van der Waals surface area contributed by atoms with E-state index in [0.29, 0.717) is 0 Å². The minimum atomic E-state index is -1.19. The van der Waals surface area contributed by atoms with Gasteiger partial charge < -0.3 is 10.4 Å².